The number of carbonyl (C=O) groups is 2. The van der Waals surface area contributed by atoms with Crippen LogP contribution in [0.3, 0.4) is 0 Å². The van der Waals surface area contributed by atoms with Crippen LogP contribution in [0.5, 0.6) is 0 Å². The number of amides is 1. The number of thiophene rings is 1. The van der Waals surface area contributed by atoms with Gasteiger partial charge in [0.25, 0.3) is 0 Å². The SMILES string of the molecule is COCC(CC(=O)c1ccc(C)s1)NC(=O)OC(C)(C)C. The van der Waals surface area contributed by atoms with Crippen molar-refractivity contribution in [1.82, 2.24) is 5.32 Å². The van der Waals surface area contributed by atoms with Gasteiger partial charge in [0.15, 0.2) is 5.78 Å². The van der Waals surface area contributed by atoms with Gasteiger partial charge in [-0.2, -0.15) is 0 Å². The van der Waals surface area contributed by atoms with Gasteiger partial charge < -0.3 is 14.8 Å². The van der Waals surface area contributed by atoms with Gasteiger partial charge in [0.1, 0.15) is 5.60 Å². The second-order valence-electron chi connectivity index (χ2n) is 5.84. The Morgan fingerprint density at radius 3 is 2.48 bits per heavy atom. The van der Waals surface area contributed by atoms with Crippen molar-refractivity contribution in [3.8, 4) is 0 Å². The lowest BCUT2D eigenvalue weighted by molar-refractivity contribution is 0.0464. The van der Waals surface area contributed by atoms with E-state index in [1.165, 1.54) is 18.4 Å². The molecule has 0 radical (unpaired) electrons. The summed E-state index contributed by atoms with van der Waals surface area (Å²) >= 11 is 1.45. The monoisotopic (exact) mass is 313 g/mol. The molecule has 21 heavy (non-hydrogen) atoms. The Bertz CT molecular complexity index is 490. The van der Waals surface area contributed by atoms with Gasteiger partial charge in [-0.15, -0.1) is 11.3 Å². The van der Waals surface area contributed by atoms with E-state index in [0.717, 1.165) is 4.88 Å². The fourth-order valence-electron chi connectivity index (χ4n) is 1.74. The van der Waals surface area contributed by atoms with Crippen LogP contribution < -0.4 is 5.32 Å². The summed E-state index contributed by atoms with van der Waals surface area (Å²) in [6, 6.07) is 3.31. The van der Waals surface area contributed by atoms with Crippen LogP contribution in [-0.2, 0) is 9.47 Å². The topological polar surface area (TPSA) is 64.6 Å². The molecule has 1 unspecified atom stereocenters. The molecule has 6 heteroatoms. The zero-order valence-corrected chi connectivity index (χ0v) is 14.0. The van der Waals surface area contributed by atoms with Crippen molar-refractivity contribution in [2.45, 2.75) is 45.8 Å². The van der Waals surface area contributed by atoms with Crippen LogP contribution >= 0.6 is 11.3 Å². The summed E-state index contributed by atoms with van der Waals surface area (Å²) in [5.41, 5.74) is -0.573. The molecule has 0 saturated carbocycles. The standard InChI is InChI=1S/C15H23NO4S/c1-10-6-7-13(21-10)12(17)8-11(9-19-5)16-14(18)20-15(2,3)4/h6-7,11H,8-9H2,1-5H3,(H,16,18). The molecule has 1 N–H and O–H groups in total. The minimum absolute atomic E-state index is 0.00814. The van der Waals surface area contributed by atoms with E-state index in [4.69, 9.17) is 9.47 Å². The Morgan fingerprint density at radius 2 is 2.00 bits per heavy atom. The van der Waals surface area contributed by atoms with E-state index in [-0.39, 0.29) is 18.8 Å². The normalized spacial score (nSPS) is 12.8. The maximum Gasteiger partial charge on any atom is 0.407 e. The van der Waals surface area contributed by atoms with Crippen molar-refractivity contribution in [3.63, 3.8) is 0 Å². The highest BCUT2D eigenvalue weighted by atomic mass is 32.1. The predicted molar refractivity (Wildman–Crippen MR) is 83.0 cm³/mol. The smallest absolute Gasteiger partial charge is 0.407 e. The lowest BCUT2D eigenvalue weighted by Gasteiger charge is -2.23. The number of Topliss-reactive ketones (excluding diaryl/α,β-unsaturated/α-hetero) is 1. The third-order valence-electron chi connectivity index (χ3n) is 2.54. The third-order valence-corrected chi connectivity index (χ3v) is 3.58. The first-order chi connectivity index (χ1) is 9.71. The fraction of sp³-hybridized carbons (Fsp3) is 0.600. The Balaban J connectivity index is 2.61. The van der Waals surface area contributed by atoms with Gasteiger partial charge in [-0.3, -0.25) is 4.79 Å². The minimum atomic E-state index is -0.573. The molecule has 118 valence electrons. The fourth-order valence-corrected chi connectivity index (χ4v) is 2.55. The number of carbonyl (C=O) groups excluding carboxylic acids is 2. The van der Waals surface area contributed by atoms with Crippen LogP contribution in [0.1, 0.15) is 41.7 Å². The van der Waals surface area contributed by atoms with Crippen molar-refractivity contribution in [2.75, 3.05) is 13.7 Å². The van der Waals surface area contributed by atoms with E-state index in [9.17, 15) is 9.59 Å². The van der Waals surface area contributed by atoms with E-state index in [1.54, 1.807) is 26.8 Å². The van der Waals surface area contributed by atoms with E-state index < -0.39 is 17.7 Å². The molecule has 1 heterocycles. The van der Waals surface area contributed by atoms with Gasteiger partial charge in [0, 0.05) is 18.4 Å². The summed E-state index contributed by atoms with van der Waals surface area (Å²) in [6.07, 6.45) is -0.354. The maximum absolute atomic E-state index is 12.2. The number of alkyl carbamates (subject to hydrolysis) is 1. The summed E-state index contributed by atoms with van der Waals surface area (Å²) in [5.74, 6) is -0.00814. The predicted octanol–water partition coefficient (Wildman–Crippen LogP) is 3.17. The first-order valence-corrected chi connectivity index (χ1v) is 7.61. The Labute approximate surface area is 129 Å². The average Bonchev–Trinajstić information content (AvgIpc) is 2.73. The third kappa shape index (κ3) is 6.73. The van der Waals surface area contributed by atoms with E-state index >= 15 is 0 Å². The Morgan fingerprint density at radius 1 is 1.33 bits per heavy atom. The molecule has 1 aromatic rings. The van der Waals surface area contributed by atoms with Crippen LogP contribution in [0.4, 0.5) is 4.79 Å². The molecule has 0 spiro atoms. The van der Waals surface area contributed by atoms with Crippen molar-refractivity contribution < 1.29 is 19.1 Å². The molecule has 5 nitrogen and oxygen atoms in total. The first-order valence-electron chi connectivity index (χ1n) is 6.79. The molecular weight excluding hydrogens is 290 g/mol. The zero-order valence-electron chi connectivity index (χ0n) is 13.2. The van der Waals surface area contributed by atoms with Crippen LogP contribution in [0.2, 0.25) is 0 Å². The maximum atomic E-state index is 12.2. The van der Waals surface area contributed by atoms with Crippen molar-refractivity contribution in [2.24, 2.45) is 0 Å². The summed E-state index contributed by atoms with van der Waals surface area (Å²) in [4.78, 5) is 25.7. The highest BCUT2D eigenvalue weighted by molar-refractivity contribution is 7.14. The number of rotatable bonds is 6. The average molecular weight is 313 g/mol. The lowest BCUT2D eigenvalue weighted by Crippen LogP contribution is -2.42. The van der Waals surface area contributed by atoms with Crippen LogP contribution in [0.15, 0.2) is 12.1 Å². The summed E-state index contributed by atoms with van der Waals surface area (Å²) in [5, 5.41) is 2.68. The first kappa shape index (κ1) is 17.7. The van der Waals surface area contributed by atoms with Crippen molar-refractivity contribution in [1.29, 1.82) is 0 Å². The number of nitrogens with one attached hydrogen (secondary N) is 1. The van der Waals surface area contributed by atoms with Gasteiger partial charge in [-0.05, 0) is 39.8 Å². The molecule has 0 fully saturated rings. The highest BCUT2D eigenvalue weighted by Crippen LogP contribution is 2.18. The zero-order chi connectivity index (χ0) is 16.0. The van der Waals surface area contributed by atoms with Gasteiger partial charge >= 0.3 is 6.09 Å². The molecule has 0 aliphatic rings. The number of hydrogen-bond acceptors (Lipinski definition) is 5. The van der Waals surface area contributed by atoms with Crippen LogP contribution in [-0.4, -0.2) is 37.2 Å². The van der Waals surface area contributed by atoms with Crippen molar-refractivity contribution in [3.05, 3.63) is 21.9 Å². The van der Waals surface area contributed by atoms with Crippen LogP contribution in [0, 0.1) is 6.92 Å². The molecule has 0 saturated heterocycles. The van der Waals surface area contributed by atoms with E-state index in [1.807, 2.05) is 13.0 Å². The molecule has 0 bridgehead atoms. The Kier molecular flexibility index (Phi) is 6.36. The molecule has 1 amide bonds. The van der Waals surface area contributed by atoms with Gasteiger partial charge in [-0.25, -0.2) is 4.79 Å². The summed E-state index contributed by atoms with van der Waals surface area (Å²) in [6.45, 7) is 7.58. The molecule has 1 aromatic heterocycles. The summed E-state index contributed by atoms with van der Waals surface area (Å²) in [7, 11) is 1.53. The van der Waals surface area contributed by atoms with E-state index in [0.29, 0.717) is 4.88 Å². The molecule has 0 aliphatic carbocycles. The molecule has 0 aromatic carbocycles. The molecular formula is C15H23NO4S. The summed E-state index contributed by atoms with van der Waals surface area (Å²) < 4.78 is 10.2. The second kappa shape index (κ2) is 7.56. The number of aryl methyl sites for hydroxylation is 1. The highest BCUT2D eigenvalue weighted by Gasteiger charge is 2.22. The van der Waals surface area contributed by atoms with Gasteiger partial charge in [0.05, 0.1) is 17.5 Å². The minimum Gasteiger partial charge on any atom is -0.444 e. The van der Waals surface area contributed by atoms with Gasteiger partial charge in [-0.1, -0.05) is 0 Å². The number of methoxy groups -OCH3 is 1. The number of ketones is 1. The Hall–Kier alpha value is -1.40. The molecule has 0 aliphatic heterocycles. The van der Waals surface area contributed by atoms with Crippen molar-refractivity contribution >= 4 is 23.2 Å². The van der Waals surface area contributed by atoms with E-state index in [2.05, 4.69) is 5.32 Å². The number of ether oxygens (including phenoxy) is 2. The lowest BCUT2D eigenvalue weighted by atomic mass is 10.1. The molecule has 1 rings (SSSR count). The largest absolute Gasteiger partial charge is 0.444 e. The quantitative estimate of drug-likeness (QED) is 0.819. The molecule has 1 atom stereocenters. The number of hydrogen-bond donors (Lipinski definition) is 1. The second-order valence-corrected chi connectivity index (χ2v) is 7.12. The van der Waals surface area contributed by atoms with Gasteiger partial charge in [0.2, 0.25) is 0 Å². The van der Waals surface area contributed by atoms with Crippen LogP contribution in [0.25, 0.3) is 0 Å².